The van der Waals surface area contributed by atoms with Crippen LogP contribution in [0.25, 0.3) is 0 Å². The number of nitrogens with one attached hydrogen (secondary N) is 1. The summed E-state index contributed by atoms with van der Waals surface area (Å²) in [5, 5.41) is 2.76. The Morgan fingerprint density at radius 3 is 2.24 bits per heavy atom. The van der Waals surface area contributed by atoms with Crippen molar-refractivity contribution in [2.45, 2.75) is 6.42 Å². The standard InChI is InChI=1S/C22H24FN3O3/c1-29-18-8-6-17(7-9-18)25-10-12-26(13-11-25)22(28)20-14-19(20)21(27)24-16-4-2-15(23)3-5-16/h2-9,19-20H,10-14H2,1H3,(H,24,27). The minimum atomic E-state index is -0.351. The zero-order valence-corrected chi connectivity index (χ0v) is 16.3. The van der Waals surface area contributed by atoms with Crippen LogP contribution in [0, 0.1) is 17.7 Å². The average molecular weight is 397 g/mol. The van der Waals surface area contributed by atoms with Gasteiger partial charge in [0, 0.05) is 37.6 Å². The van der Waals surface area contributed by atoms with E-state index in [1.807, 2.05) is 29.2 Å². The SMILES string of the molecule is COc1ccc(N2CCN(C(=O)C3CC3C(=O)Nc3ccc(F)cc3)CC2)cc1. The molecule has 1 aliphatic carbocycles. The van der Waals surface area contributed by atoms with E-state index >= 15 is 0 Å². The van der Waals surface area contributed by atoms with Gasteiger partial charge in [-0.1, -0.05) is 0 Å². The molecule has 1 aliphatic heterocycles. The van der Waals surface area contributed by atoms with Crippen LogP contribution in [0.4, 0.5) is 15.8 Å². The fourth-order valence-electron chi connectivity index (χ4n) is 3.74. The summed E-state index contributed by atoms with van der Waals surface area (Å²) < 4.78 is 18.2. The van der Waals surface area contributed by atoms with Crippen molar-refractivity contribution < 1.29 is 18.7 Å². The molecule has 1 saturated heterocycles. The molecule has 2 amide bonds. The number of benzene rings is 2. The monoisotopic (exact) mass is 397 g/mol. The summed E-state index contributed by atoms with van der Waals surface area (Å²) in [5.74, 6) is -0.196. The predicted molar refractivity (Wildman–Crippen MR) is 108 cm³/mol. The molecule has 7 heteroatoms. The van der Waals surface area contributed by atoms with Crippen molar-refractivity contribution in [3.05, 3.63) is 54.3 Å². The molecule has 2 unspecified atom stereocenters. The molecule has 29 heavy (non-hydrogen) atoms. The summed E-state index contributed by atoms with van der Waals surface area (Å²) in [6, 6.07) is 13.5. The van der Waals surface area contributed by atoms with E-state index in [1.165, 1.54) is 24.3 Å². The number of anilines is 2. The first-order chi connectivity index (χ1) is 14.0. The quantitative estimate of drug-likeness (QED) is 0.843. The number of hydrogen-bond acceptors (Lipinski definition) is 4. The van der Waals surface area contributed by atoms with Gasteiger partial charge in [-0.05, 0) is 55.0 Å². The van der Waals surface area contributed by atoms with E-state index in [9.17, 15) is 14.0 Å². The van der Waals surface area contributed by atoms with Crippen molar-refractivity contribution in [1.29, 1.82) is 0 Å². The fourth-order valence-corrected chi connectivity index (χ4v) is 3.74. The molecule has 152 valence electrons. The smallest absolute Gasteiger partial charge is 0.228 e. The maximum Gasteiger partial charge on any atom is 0.228 e. The van der Waals surface area contributed by atoms with Gasteiger partial charge in [-0.15, -0.1) is 0 Å². The highest BCUT2D eigenvalue weighted by atomic mass is 19.1. The number of halogens is 1. The van der Waals surface area contributed by atoms with Crippen LogP contribution in [0.3, 0.4) is 0 Å². The summed E-state index contributed by atoms with van der Waals surface area (Å²) in [6.45, 7) is 2.82. The molecule has 0 bridgehead atoms. The molecule has 1 heterocycles. The van der Waals surface area contributed by atoms with E-state index in [-0.39, 0.29) is 29.5 Å². The molecule has 2 aliphatic rings. The molecule has 1 N–H and O–H groups in total. The fraction of sp³-hybridized carbons (Fsp3) is 0.364. The van der Waals surface area contributed by atoms with Crippen LogP contribution >= 0.6 is 0 Å². The Morgan fingerprint density at radius 2 is 1.62 bits per heavy atom. The van der Waals surface area contributed by atoms with Crippen molar-refractivity contribution in [3.63, 3.8) is 0 Å². The highest BCUT2D eigenvalue weighted by Gasteiger charge is 2.49. The Hall–Kier alpha value is -3.09. The number of rotatable bonds is 5. The van der Waals surface area contributed by atoms with E-state index in [1.54, 1.807) is 7.11 Å². The van der Waals surface area contributed by atoms with Crippen LogP contribution in [-0.2, 0) is 9.59 Å². The number of ether oxygens (including phenoxy) is 1. The highest BCUT2D eigenvalue weighted by Crippen LogP contribution is 2.41. The van der Waals surface area contributed by atoms with Crippen LogP contribution in [0.15, 0.2) is 48.5 Å². The van der Waals surface area contributed by atoms with E-state index in [0.29, 0.717) is 25.2 Å². The second kappa shape index (κ2) is 8.11. The van der Waals surface area contributed by atoms with Crippen molar-refractivity contribution in [2.75, 3.05) is 43.5 Å². The van der Waals surface area contributed by atoms with E-state index in [4.69, 9.17) is 4.74 Å². The largest absolute Gasteiger partial charge is 0.497 e. The molecule has 2 aromatic rings. The number of nitrogens with zero attached hydrogens (tertiary/aromatic N) is 2. The number of methoxy groups -OCH3 is 1. The first-order valence-corrected chi connectivity index (χ1v) is 9.79. The lowest BCUT2D eigenvalue weighted by molar-refractivity contribution is -0.134. The zero-order chi connectivity index (χ0) is 20.4. The second-order valence-corrected chi connectivity index (χ2v) is 7.46. The predicted octanol–water partition coefficient (Wildman–Crippen LogP) is 2.76. The maximum absolute atomic E-state index is 13.0. The normalized spacial score (nSPS) is 20.9. The highest BCUT2D eigenvalue weighted by molar-refractivity contribution is 5.99. The Kier molecular flexibility index (Phi) is 5.38. The van der Waals surface area contributed by atoms with Gasteiger partial charge in [0.15, 0.2) is 0 Å². The minimum Gasteiger partial charge on any atom is -0.497 e. The van der Waals surface area contributed by atoms with Crippen molar-refractivity contribution in [3.8, 4) is 5.75 Å². The van der Waals surface area contributed by atoms with Gasteiger partial charge in [-0.3, -0.25) is 9.59 Å². The van der Waals surface area contributed by atoms with Crippen molar-refractivity contribution in [2.24, 2.45) is 11.8 Å². The third kappa shape index (κ3) is 4.34. The van der Waals surface area contributed by atoms with Gasteiger partial charge < -0.3 is 19.9 Å². The van der Waals surface area contributed by atoms with Crippen LogP contribution in [-0.4, -0.2) is 50.0 Å². The van der Waals surface area contributed by atoms with Gasteiger partial charge in [0.05, 0.1) is 18.9 Å². The van der Waals surface area contributed by atoms with Crippen LogP contribution in [0.5, 0.6) is 5.75 Å². The Bertz CT molecular complexity index is 877. The van der Waals surface area contributed by atoms with Gasteiger partial charge in [-0.2, -0.15) is 0 Å². The number of carbonyl (C=O) groups is 2. The first-order valence-electron chi connectivity index (χ1n) is 9.79. The molecule has 6 nitrogen and oxygen atoms in total. The van der Waals surface area contributed by atoms with Gasteiger partial charge in [-0.25, -0.2) is 4.39 Å². The maximum atomic E-state index is 13.0. The molecule has 2 atom stereocenters. The van der Waals surface area contributed by atoms with E-state index in [0.717, 1.165) is 24.5 Å². The van der Waals surface area contributed by atoms with Crippen molar-refractivity contribution in [1.82, 2.24) is 4.90 Å². The summed E-state index contributed by atoms with van der Waals surface area (Å²) in [6.07, 6.45) is 0.574. The summed E-state index contributed by atoms with van der Waals surface area (Å²) >= 11 is 0. The van der Waals surface area contributed by atoms with Crippen LogP contribution < -0.4 is 15.0 Å². The van der Waals surface area contributed by atoms with E-state index < -0.39 is 0 Å². The third-order valence-electron chi connectivity index (χ3n) is 5.59. The molecule has 4 rings (SSSR count). The van der Waals surface area contributed by atoms with Crippen molar-refractivity contribution >= 4 is 23.2 Å². The lowest BCUT2D eigenvalue weighted by Gasteiger charge is -2.36. The molecule has 1 saturated carbocycles. The molecule has 0 aromatic heterocycles. The lowest BCUT2D eigenvalue weighted by atomic mass is 10.2. The Balaban J connectivity index is 1.26. The minimum absolute atomic E-state index is 0.0543. The third-order valence-corrected chi connectivity index (χ3v) is 5.59. The number of hydrogen-bond donors (Lipinski definition) is 1. The lowest BCUT2D eigenvalue weighted by Crippen LogP contribution is -2.49. The molecule has 2 aromatic carbocycles. The van der Waals surface area contributed by atoms with Gasteiger partial charge in [0.1, 0.15) is 11.6 Å². The van der Waals surface area contributed by atoms with Gasteiger partial charge in [0.25, 0.3) is 0 Å². The summed E-state index contributed by atoms with van der Waals surface area (Å²) in [5.41, 5.74) is 1.66. The number of carbonyl (C=O) groups excluding carboxylic acids is 2. The summed E-state index contributed by atoms with van der Waals surface area (Å²) in [7, 11) is 1.64. The molecule has 2 fully saturated rings. The Morgan fingerprint density at radius 1 is 0.966 bits per heavy atom. The molecule has 0 radical (unpaired) electrons. The van der Waals surface area contributed by atoms with E-state index in [2.05, 4.69) is 10.2 Å². The summed E-state index contributed by atoms with van der Waals surface area (Å²) in [4.78, 5) is 29.2. The zero-order valence-electron chi connectivity index (χ0n) is 16.3. The molecular formula is C22H24FN3O3. The Labute approximate surface area is 169 Å². The molecular weight excluding hydrogens is 373 g/mol. The molecule has 0 spiro atoms. The van der Waals surface area contributed by atoms with Gasteiger partial charge in [0.2, 0.25) is 11.8 Å². The second-order valence-electron chi connectivity index (χ2n) is 7.46. The topological polar surface area (TPSA) is 61.9 Å². The van der Waals surface area contributed by atoms with Gasteiger partial charge >= 0.3 is 0 Å². The van der Waals surface area contributed by atoms with Crippen LogP contribution in [0.1, 0.15) is 6.42 Å². The average Bonchev–Trinajstić information content (AvgIpc) is 3.56. The number of amides is 2. The first kappa shape index (κ1) is 19.2. The number of piperazine rings is 1. The van der Waals surface area contributed by atoms with Crippen LogP contribution in [0.2, 0.25) is 0 Å².